The number of hydrogen-bond donors (Lipinski definition) is 1. The predicted octanol–water partition coefficient (Wildman–Crippen LogP) is 5.95. The van der Waals surface area contributed by atoms with E-state index in [-0.39, 0.29) is 0 Å². The standard InChI is InChI=1S/C23H17NO/c1-15-5-4-6-17(13-15)24-21-8-3-2-7-19(21)23-20-14-18(25)11-9-16(20)10-12-22(23)24/h2-14,25H,1H3. The zero-order chi connectivity index (χ0) is 17.0. The summed E-state index contributed by atoms with van der Waals surface area (Å²) in [6.07, 6.45) is 0. The van der Waals surface area contributed by atoms with Gasteiger partial charge in [-0.25, -0.2) is 0 Å². The number of fused-ring (bicyclic) bond motifs is 5. The Morgan fingerprint density at radius 1 is 0.720 bits per heavy atom. The van der Waals surface area contributed by atoms with Crippen LogP contribution in [0.4, 0.5) is 0 Å². The van der Waals surface area contributed by atoms with Crippen molar-refractivity contribution in [2.75, 3.05) is 0 Å². The summed E-state index contributed by atoms with van der Waals surface area (Å²) >= 11 is 0. The van der Waals surface area contributed by atoms with Crippen molar-refractivity contribution in [2.45, 2.75) is 6.92 Å². The van der Waals surface area contributed by atoms with E-state index < -0.39 is 0 Å². The van der Waals surface area contributed by atoms with Crippen molar-refractivity contribution in [3.63, 3.8) is 0 Å². The average Bonchev–Trinajstić information content (AvgIpc) is 2.96. The van der Waals surface area contributed by atoms with Crippen LogP contribution in [0.2, 0.25) is 0 Å². The topological polar surface area (TPSA) is 25.2 Å². The quantitative estimate of drug-likeness (QED) is 0.405. The van der Waals surface area contributed by atoms with Gasteiger partial charge >= 0.3 is 0 Å². The lowest BCUT2D eigenvalue weighted by Gasteiger charge is -2.09. The van der Waals surface area contributed by atoms with Crippen LogP contribution in [0.15, 0.2) is 78.9 Å². The van der Waals surface area contributed by atoms with E-state index in [0.717, 1.165) is 22.0 Å². The predicted molar refractivity (Wildman–Crippen MR) is 105 cm³/mol. The molecule has 0 radical (unpaired) electrons. The molecule has 0 amide bonds. The maximum Gasteiger partial charge on any atom is 0.116 e. The van der Waals surface area contributed by atoms with E-state index in [1.807, 2.05) is 12.1 Å². The van der Waals surface area contributed by atoms with Crippen LogP contribution in [-0.2, 0) is 0 Å². The Bertz CT molecular complexity index is 1260. The largest absolute Gasteiger partial charge is 0.508 e. The van der Waals surface area contributed by atoms with Gasteiger partial charge in [-0.15, -0.1) is 0 Å². The molecule has 0 atom stereocenters. The maximum atomic E-state index is 10.0. The first kappa shape index (κ1) is 14.1. The van der Waals surface area contributed by atoms with E-state index in [9.17, 15) is 5.11 Å². The number of aromatic hydroxyl groups is 1. The van der Waals surface area contributed by atoms with Crippen molar-refractivity contribution >= 4 is 32.6 Å². The van der Waals surface area contributed by atoms with Crippen LogP contribution in [0.5, 0.6) is 5.75 Å². The maximum absolute atomic E-state index is 10.0. The SMILES string of the molecule is Cc1cccc(-n2c3ccccc3c3c4cc(O)ccc4ccc32)c1. The zero-order valence-corrected chi connectivity index (χ0v) is 13.9. The van der Waals surface area contributed by atoms with Crippen LogP contribution in [-0.4, -0.2) is 9.67 Å². The molecule has 5 aromatic rings. The first-order valence-corrected chi connectivity index (χ1v) is 8.44. The van der Waals surface area contributed by atoms with Gasteiger partial charge in [0.15, 0.2) is 0 Å². The van der Waals surface area contributed by atoms with Gasteiger partial charge in [0.25, 0.3) is 0 Å². The third kappa shape index (κ3) is 2.04. The molecule has 0 saturated carbocycles. The third-order valence-electron chi connectivity index (χ3n) is 4.90. The fraction of sp³-hybridized carbons (Fsp3) is 0.0435. The Kier molecular flexibility index (Phi) is 2.89. The summed E-state index contributed by atoms with van der Waals surface area (Å²) in [4.78, 5) is 0. The Morgan fingerprint density at radius 3 is 2.44 bits per heavy atom. The van der Waals surface area contributed by atoms with Crippen molar-refractivity contribution < 1.29 is 5.11 Å². The summed E-state index contributed by atoms with van der Waals surface area (Å²) in [5.41, 5.74) is 4.73. The van der Waals surface area contributed by atoms with E-state index in [4.69, 9.17) is 0 Å². The van der Waals surface area contributed by atoms with Crippen LogP contribution in [0, 0.1) is 6.92 Å². The van der Waals surface area contributed by atoms with E-state index in [1.54, 1.807) is 6.07 Å². The molecule has 25 heavy (non-hydrogen) atoms. The van der Waals surface area contributed by atoms with E-state index in [1.165, 1.54) is 21.9 Å². The number of benzene rings is 4. The van der Waals surface area contributed by atoms with Crippen LogP contribution in [0.25, 0.3) is 38.3 Å². The molecule has 0 fully saturated rings. The van der Waals surface area contributed by atoms with Crippen LogP contribution in [0.1, 0.15) is 5.56 Å². The summed E-state index contributed by atoms with van der Waals surface area (Å²) in [5.74, 6) is 0.299. The molecule has 1 aromatic heterocycles. The molecule has 1 N–H and O–H groups in total. The zero-order valence-electron chi connectivity index (χ0n) is 13.9. The molecule has 0 saturated heterocycles. The highest BCUT2D eigenvalue weighted by Gasteiger charge is 2.14. The number of nitrogens with zero attached hydrogens (tertiary/aromatic N) is 1. The fourth-order valence-electron chi connectivity index (χ4n) is 3.82. The lowest BCUT2D eigenvalue weighted by atomic mass is 10.0. The molecule has 0 spiro atoms. The number of aryl methyl sites for hydroxylation is 1. The van der Waals surface area contributed by atoms with Crippen molar-refractivity contribution in [3.05, 3.63) is 84.4 Å². The Morgan fingerprint density at radius 2 is 1.56 bits per heavy atom. The molecule has 120 valence electrons. The first-order chi connectivity index (χ1) is 12.2. The number of phenols is 1. The summed E-state index contributed by atoms with van der Waals surface area (Å²) in [5, 5.41) is 14.6. The second kappa shape index (κ2) is 5.12. The van der Waals surface area contributed by atoms with Gasteiger partial charge in [-0.05, 0) is 59.7 Å². The van der Waals surface area contributed by atoms with Crippen molar-refractivity contribution in [1.29, 1.82) is 0 Å². The number of hydrogen-bond acceptors (Lipinski definition) is 1. The van der Waals surface area contributed by atoms with Crippen LogP contribution < -0.4 is 0 Å². The molecule has 0 unspecified atom stereocenters. The highest BCUT2D eigenvalue weighted by molar-refractivity contribution is 6.21. The van der Waals surface area contributed by atoms with Crippen LogP contribution in [0.3, 0.4) is 0 Å². The number of rotatable bonds is 1. The van der Waals surface area contributed by atoms with E-state index in [2.05, 4.69) is 72.2 Å². The van der Waals surface area contributed by atoms with E-state index in [0.29, 0.717) is 5.75 Å². The lowest BCUT2D eigenvalue weighted by Crippen LogP contribution is -1.93. The number of para-hydroxylation sites is 1. The molecular weight excluding hydrogens is 306 g/mol. The molecule has 2 heteroatoms. The van der Waals surface area contributed by atoms with Crippen molar-refractivity contribution in [2.24, 2.45) is 0 Å². The monoisotopic (exact) mass is 323 g/mol. The third-order valence-corrected chi connectivity index (χ3v) is 4.90. The average molecular weight is 323 g/mol. The lowest BCUT2D eigenvalue weighted by molar-refractivity contribution is 0.476. The summed E-state index contributed by atoms with van der Waals surface area (Å²) in [7, 11) is 0. The minimum absolute atomic E-state index is 0.299. The van der Waals surface area contributed by atoms with Gasteiger partial charge in [-0.1, -0.05) is 42.5 Å². The summed E-state index contributed by atoms with van der Waals surface area (Å²) < 4.78 is 2.31. The van der Waals surface area contributed by atoms with Gasteiger partial charge in [0.05, 0.1) is 11.0 Å². The van der Waals surface area contributed by atoms with Crippen molar-refractivity contribution in [1.82, 2.24) is 4.57 Å². The molecular formula is C23H17NO. The van der Waals surface area contributed by atoms with Gasteiger partial charge in [-0.3, -0.25) is 0 Å². The van der Waals surface area contributed by atoms with Gasteiger partial charge < -0.3 is 9.67 Å². The number of aromatic nitrogens is 1. The summed E-state index contributed by atoms with van der Waals surface area (Å²) in [6.45, 7) is 2.12. The molecule has 0 aliphatic rings. The van der Waals surface area contributed by atoms with Gasteiger partial charge in [0, 0.05) is 16.5 Å². The molecule has 1 heterocycles. The Balaban J connectivity index is 2.04. The first-order valence-electron chi connectivity index (χ1n) is 8.44. The van der Waals surface area contributed by atoms with E-state index >= 15 is 0 Å². The fourth-order valence-corrected chi connectivity index (χ4v) is 3.82. The second-order valence-electron chi connectivity index (χ2n) is 6.56. The number of phenolic OH excluding ortho intramolecular Hbond substituents is 1. The Labute approximate surface area is 145 Å². The normalized spacial score (nSPS) is 11.6. The van der Waals surface area contributed by atoms with Gasteiger partial charge in [0.2, 0.25) is 0 Å². The molecule has 0 aliphatic heterocycles. The highest BCUT2D eigenvalue weighted by atomic mass is 16.3. The van der Waals surface area contributed by atoms with Crippen LogP contribution >= 0.6 is 0 Å². The Hall–Kier alpha value is -3.26. The molecule has 2 nitrogen and oxygen atoms in total. The molecule has 0 aliphatic carbocycles. The molecule has 4 aromatic carbocycles. The minimum Gasteiger partial charge on any atom is -0.508 e. The van der Waals surface area contributed by atoms with Crippen molar-refractivity contribution in [3.8, 4) is 11.4 Å². The minimum atomic E-state index is 0.299. The van der Waals surface area contributed by atoms with Gasteiger partial charge in [0.1, 0.15) is 5.75 Å². The smallest absolute Gasteiger partial charge is 0.116 e. The molecule has 0 bridgehead atoms. The van der Waals surface area contributed by atoms with Gasteiger partial charge in [-0.2, -0.15) is 0 Å². The summed E-state index contributed by atoms with van der Waals surface area (Å²) in [6, 6.07) is 26.9. The second-order valence-corrected chi connectivity index (χ2v) is 6.56. The highest BCUT2D eigenvalue weighted by Crippen LogP contribution is 2.37. The molecule has 5 rings (SSSR count).